The number of nitro groups is 1. The van der Waals surface area contributed by atoms with Crippen molar-refractivity contribution in [1.29, 1.82) is 0 Å². The van der Waals surface area contributed by atoms with E-state index in [2.05, 4.69) is 16.0 Å². The predicted octanol–water partition coefficient (Wildman–Crippen LogP) is 3.46. The number of nitrogens with one attached hydrogen (secondary N) is 3. The monoisotopic (exact) mass is 539 g/mol. The topological polar surface area (TPSA) is 177 Å². The fourth-order valence-electron chi connectivity index (χ4n) is 3.71. The smallest absolute Gasteiger partial charge is 0.407 e. The molecule has 206 valence electrons. The minimum atomic E-state index is -0.643. The van der Waals surface area contributed by atoms with Gasteiger partial charge in [-0.1, -0.05) is 6.07 Å². The fraction of sp³-hybridized carbons (Fsp3) is 0.346. The lowest BCUT2D eigenvalue weighted by molar-refractivity contribution is -0.384. The molecule has 2 aromatic carbocycles. The van der Waals surface area contributed by atoms with Crippen LogP contribution in [0, 0.1) is 10.1 Å². The number of carbonyl (C=O) groups is 5. The van der Waals surface area contributed by atoms with Gasteiger partial charge in [0.2, 0.25) is 11.8 Å². The first kappa shape index (κ1) is 28.8. The van der Waals surface area contributed by atoms with Gasteiger partial charge in [-0.05, 0) is 51.5 Å². The first-order valence-corrected chi connectivity index (χ1v) is 12.2. The minimum absolute atomic E-state index is 0.000471. The summed E-state index contributed by atoms with van der Waals surface area (Å²) < 4.78 is 5.10. The molecule has 0 saturated heterocycles. The van der Waals surface area contributed by atoms with Gasteiger partial charge in [0.15, 0.2) is 0 Å². The normalized spacial score (nSPS) is 12.5. The maximum Gasteiger partial charge on any atom is 0.407 e. The van der Waals surface area contributed by atoms with Crippen molar-refractivity contribution in [3.05, 3.63) is 63.7 Å². The number of imide groups is 1. The number of hydrogen-bond acceptors (Lipinski definition) is 8. The second-order valence-corrected chi connectivity index (χ2v) is 9.71. The van der Waals surface area contributed by atoms with E-state index in [0.717, 1.165) is 11.0 Å². The Kier molecular flexibility index (Phi) is 8.96. The van der Waals surface area contributed by atoms with E-state index in [4.69, 9.17) is 4.74 Å². The van der Waals surface area contributed by atoms with Crippen LogP contribution in [0.3, 0.4) is 0 Å². The molecule has 1 heterocycles. The van der Waals surface area contributed by atoms with Crippen LogP contribution in [-0.2, 0) is 14.3 Å². The van der Waals surface area contributed by atoms with Crippen LogP contribution in [0.4, 0.5) is 21.9 Å². The number of nitro benzene ring substituents is 1. The van der Waals surface area contributed by atoms with Crippen LogP contribution in [0.5, 0.6) is 0 Å². The molecule has 3 rings (SSSR count). The SMILES string of the molecule is CC(C)(C)OC(=O)NCCC(=O)Nc1cccc(NC(=O)CCCN2C(=O)c3ccc([N+](=O)[O-])cc3C2=O)c1. The Hall–Kier alpha value is -4.81. The first-order valence-electron chi connectivity index (χ1n) is 12.2. The van der Waals surface area contributed by atoms with Gasteiger partial charge in [0.25, 0.3) is 17.5 Å². The summed E-state index contributed by atoms with van der Waals surface area (Å²) >= 11 is 0. The molecule has 0 radical (unpaired) electrons. The Morgan fingerprint density at radius 3 is 2.15 bits per heavy atom. The maximum atomic E-state index is 12.5. The third kappa shape index (κ3) is 8.09. The molecule has 5 amide bonds. The Labute approximate surface area is 224 Å². The van der Waals surface area contributed by atoms with Crippen LogP contribution < -0.4 is 16.0 Å². The van der Waals surface area contributed by atoms with Crippen LogP contribution in [0.25, 0.3) is 0 Å². The van der Waals surface area contributed by atoms with E-state index in [9.17, 15) is 34.1 Å². The molecule has 13 nitrogen and oxygen atoms in total. The summed E-state index contributed by atoms with van der Waals surface area (Å²) in [6.45, 7) is 5.26. The van der Waals surface area contributed by atoms with Gasteiger partial charge in [-0.15, -0.1) is 0 Å². The van der Waals surface area contributed by atoms with Crippen molar-refractivity contribution in [2.45, 2.75) is 45.6 Å². The minimum Gasteiger partial charge on any atom is -0.444 e. The highest BCUT2D eigenvalue weighted by Gasteiger charge is 2.36. The third-order valence-electron chi connectivity index (χ3n) is 5.40. The van der Waals surface area contributed by atoms with Crippen LogP contribution >= 0.6 is 0 Å². The number of rotatable bonds is 10. The van der Waals surface area contributed by atoms with Crippen LogP contribution in [0.2, 0.25) is 0 Å². The highest BCUT2D eigenvalue weighted by atomic mass is 16.6. The Morgan fingerprint density at radius 2 is 1.54 bits per heavy atom. The summed E-state index contributed by atoms with van der Waals surface area (Å²) in [7, 11) is 0. The average Bonchev–Trinajstić information content (AvgIpc) is 3.07. The lowest BCUT2D eigenvalue weighted by Gasteiger charge is -2.19. The van der Waals surface area contributed by atoms with Gasteiger partial charge in [0.05, 0.1) is 16.1 Å². The Balaban J connectivity index is 1.44. The molecule has 39 heavy (non-hydrogen) atoms. The summed E-state index contributed by atoms with van der Waals surface area (Å²) in [5.74, 6) is -1.91. The number of fused-ring (bicyclic) bond motifs is 1. The molecule has 0 atom stereocenters. The maximum absolute atomic E-state index is 12.5. The number of nitrogens with zero attached hydrogens (tertiary/aromatic N) is 2. The lowest BCUT2D eigenvalue weighted by Crippen LogP contribution is -2.34. The number of carbonyl (C=O) groups excluding carboxylic acids is 5. The van der Waals surface area contributed by atoms with Crippen molar-refractivity contribution >= 4 is 46.8 Å². The second kappa shape index (κ2) is 12.2. The van der Waals surface area contributed by atoms with Gasteiger partial charge in [-0.25, -0.2) is 4.79 Å². The molecule has 1 aliphatic rings. The summed E-state index contributed by atoms with van der Waals surface area (Å²) in [4.78, 5) is 72.6. The van der Waals surface area contributed by atoms with Crippen LogP contribution in [-0.4, -0.2) is 58.2 Å². The van der Waals surface area contributed by atoms with Crippen LogP contribution in [0.15, 0.2) is 42.5 Å². The molecular weight excluding hydrogens is 510 g/mol. The number of benzene rings is 2. The summed E-state index contributed by atoms with van der Waals surface area (Å²) in [5, 5.41) is 18.8. The largest absolute Gasteiger partial charge is 0.444 e. The van der Waals surface area contributed by atoms with E-state index in [1.165, 1.54) is 12.1 Å². The Morgan fingerprint density at radius 1 is 0.923 bits per heavy atom. The van der Waals surface area contributed by atoms with Crippen molar-refractivity contribution < 1.29 is 33.6 Å². The van der Waals surface area contributed by atoms with Gasteiger partial charge in [0.1, 0.15) is 5.60 Å². The molecule has 13 heteroatoms. The first-order chi connectivity index (χ1) is 18.3. The number of anilines is 2. The molecule has 2 aromatic rings. The van der Waals surface area contributed by atoms with E-state index < -0.39 is 28.4 Å². The number of hydrogen-bond donors (Lipinski definition) is 3. The van der Waals surface area contributed by atoms with Gasteiger partial charge < -0.3 is 20.7 Å². The molecule has 0 spiro atoms. The van der Waals surface area contributed by atoms with Crippen molar-refractivity contribution in [2.75, 3.05) is 23.7 Å². The zero-order valence-electron chi connectivity index (χ0n) is 21.7. The molecule has 3 N–H and O–H groups in total. The van der Waals surface area contributed by atoms with Crippen molar-refractivity contribution in [3.63, 3.8) is 0 Å². The van der Waals surface area contributed by atoms with E-state index >= 15 is 0 Å². The predicted molar refractivity (Wildman–Crippen MR) is 140 cm³/mol. The van der Waals surface area contributed by atoms with Crippen molar-refractivity contribution in [2.24, 2.45) is 0 Å². The number of alkyl carbamates (subject to hydrolysis) is 1. The zero-order chi connectivity index (χ0) is 28.7. The van der Waals surface area contributed by atoms with Gasteiger partial charge in [-0.2, -0.15) is 0 Å². The second-order valence-electron chi connectivity index (χ2n) is 9.71. The number of amides is 5. The molecule has 0 aliphatic carbocycles. The molecular formula is C26H29N5O8. The highest BCUT2D eigenvalue weighted by Crippen LogP contribution is 2.27. The van der Waals surface area contributed by atoms with Gasteiger partial charge in [0, 0.05) is 49.4 Å². The quantitative estimate of drug-likeness (QED) is 0.233. The number of non-ortho nitro benzene ring substituents is 1. The molecule has 0 unspecified atom stereocenters. The fourth-order valence-corrected chi connectivity index (χ4v) is 3.71. The van der Waals surface area contributed by atoms with Crippen LogP contribution in [0.1, 0.15) is 60.7 Å². The van der Waals surface area contributed by atoms with Gasteiger partial charge in [-0.3, -0.25) is 34.2 Å². The van der Waals surface area contributed by atoms with E-state index in [-0.39, 0.29) is 61.0 Å². The Bertz CT molecular complexity index is 1320. The average molecular weight is 540 g/mol. The highest BCUT2D eigenvalue weighted by molar-refractivity contribution is 6.21. The number of ether oxygens (including phenoxy) is 1. The summed E-state index contributed by atoms with van der Waals surface area (Å²) in [6.07, 6.45) is -0.422. The molecule has 0 aromatic heterocycles. The molecule has 0 fully saturated rings. The van der Waals surface area contributed by atoms with Crippen molar-refractivity contribution in [3.8, 4) is 0 Å². The molecule has 1 aliphatic heterocycles. The third-order valence-corrected chi connectivity index (χ3v) is 5.40. The van der Waals surface area contributed by atoms with Gasteiger partial charge >= 0.3 is 6.09 Å². The van der Waals surface area contributed by atoms with E-state index in [1.807, 2.05) is 0 Å². The molecule has 0 bridgehead atoms. The van der Waals surface area contributed by atoms with Crippen molar-refractivity contribution in [1.82, 2.24) is 10.2 Å². The summed E-state index contributed by atoms with van der Waals surface area (Å²) in [6, 6.07) is 9.97. The van der Waals surface area contributed by atoms with E-state index in [1.54, 1.807) is 45.0 Å². The standard InChI is InChI=1S/C26H29N5O8/c1-26(2,3)39-25(36)27-12-11-22(33)29-17-7-4-6-16(14-17)28-21(32)8-5-13-30-23(34)19-10-9-18(31(37)38)15-20(19)24(30)35/h4,6-7,9-10,14-15H,5,8,11-13H2,1-3H3,(H,27,36)(H,28,32)(H,29,33). The summed E-state index contributed by atoms with van der Waals surface area (Å²) in [5.41, 5.74) is 0.00444. The van der Waals surface area contributed by atoms with E-state index in [0.29, 0.717) is 11.4 Å². The lowest BCUT2D eigenvalue weighted by atomic mass is 10.1. The zero-order valence-corrected chi connectivity index (χ0v) is 21.7. The molecule has 0 saturated carbocycles.